The van der Waals surface area contributed by atoms with Crippen molar-refractivity contribution in [2.45, 2.75) is 25.3 Å². The summed E-state index contributed by atoms with van der Waals surface area (Å²) in [5.74, 6) is -0.0707. The van der Waals surface area contributed by atoms with Crippen molar-refractivity contribution in [3.63, 3.8) is 0 Å². The monoisotopic (exact) mass is 253 g/mol. The summed E-state index contributed by atoms with van der Waals surface area (Å²) >= 11 is 1.52. The molecule has 0 radical (unpaired) electrons. The number of likely N-dealkylation sites (N-methyl/N-ethyl adjacent to an activating group) is 1. The maximum Gasteiger partial charge on any atom is 0.244 e. The average Bonchev–Trinajstić information content (AvgIpc) is 2.92. The molecule has 1 saturated heterocycles. The molecule has 1 N–H and O–H groups in total. The van der Waals surface area contributed by atoms with Crippen LogP contribution in [0.3, 0.4) is 0 Å². The Hall–Kier alpha value is -1.43. The van der Waals surface area contributed by atoms with Crippen molar-refractivity contribution in [2.75, 3.05) is 13.6 Å². The van der Waals surface area contributed by atoms with Crippen LogP contribution in [-0.2, 0) is 16.0 Å². The lowest BCUT2D eigenvalue weighted by Gasteiger charge is -2.11. The Balaban J connectivity index is 1.76. The Bertz CT molecular complexity index is 405. The van der Waals surface area contributed by atoms with Crippen LogP contribution in [0.2, 0.25) is 0 Å². The molecule has 6 heteroatoms. The van der Waals surface area contributed by atoms with Crippen molar-refractivity contribution in [1.29, 1.82) is 0 Å². The number of hydrogen-bond donors (Lipinski definition) is 1. The van der Waals surface area contributed by atoms with Crippen LogP contribution >= 0.6 is 11.3 Å². The summed E-state index contributed by atoms with van der Waals surface area (Å²) in [5.41, 5.74) is 2.68. The Kier molecular flexibility index (Phi) is 3.73. The second-order valence-corrected chi connectivity index (χ2v) is 4.87. The molecule has 0 spiro atoms. The second kappa shape index (κ2) is 5.27. The number of thiazole rings is 1. The molecule has 2 rings (SSSR count). The summed E-state index contributed by atoms with van der Waals surface area (Å²) in [6.45, 7) is 0.718. The summed E-state index contributed by atoms with van der Waals surface area (Å²) in [6, 6.07) is -0.331. The fourth-order valence-electron chi connectivity index (χ4n) is 1.83. The minimum absolute atomic E-state index is 0.00649. The SMILES string of the molecule is CN1CCC(NC(=O)CCc2cscn2)C1=O. The number of nitrogens with one attached hydrogen (secondary N) is 1. The van der Waals surface area contributed by atoms with Gasteiger partial charge in [0.15, 0.2) is 0 Å². The van der Waals surface area contributed by atoms with Crippen molar-refractivity contribution in [1.82, 2.24) is 15.2 Å². The topological polar surface area (TPSA) is 62.3 Å². The van der Waals surface area contributed by atoms with E-state index in [9.17, 15) is 9.59 Å². The molecule has 1 aromatic rings. The zero-order chi connectivity index (χ0) is 12.3. The minimum Gasteiger partial charge on any atom is -0.344 e. The summed E-state index contributed by atoms with van der Waals surface area (Å²) in [7, 11) is 1.75. The first-order chi connectivity index (χ1) is 8.16. The highest BCUT2D eigenvalue weighted by Gasteiger charge is 2.29. The number of rotatable bonds is 4. The molecule has 1 unspecified atom stereocenters. The molecule has 2 amide bonds. The molecule has 0 aromatic carbocycles. The van der Waals surface area contributed by atoms with Gasteiger partial charge in [0, 0.05) is 25.4 Å². The van der Waals surface area contributed by atoms with E-state index in [-0.39, 0.29) is 17.9 Å². The highest BCUT2D eigenvalue weighted by Crippen LogP contribution is 2.09. The van der Waals surface area contributed by atoms with Crippen LogP contribution in [-0.4, -0.2) is 41.3 Å². The number of amides is 2. The van der Waals surface area contributed by atoms with Crippen LogP contribution < -0.4 is 5.32 Å². The first-order valence-corrected chi connectivity index (χ1v) is 6.52. The molecule has 1 fully saturated rings. The molecular formula is C11H15N3O2S. The number of carbonyl (C=O) groups is 2. The van der Waals surface area contributed by atoms with Gasteiger partial charge in [-0.2, -0.15) is 0 Å². The van der Waals surface area contributed by atoms with Crippen molar-refractivity contribution in [2.24, 2.45) is 0 Å². The van der Waals surface area contributed by atoms with E-state index in [0.29, 0.717) is 19.3 Å². The Morgan fingerprint density at radius 2 is 2.53 bits per heavy atom. The van der Waals surface area contributed by atoms with Crippen LogP contribution in [0.4, 0.5) is 0 Å². The number of aryl methyl sites for hydroxylation is 1. The number of nitrogens with zero attached hydrogens (tertiary/aromatic N) is 2. The highest BCUT2D eigenvalue weighted by atomic mass is 32.1. The average molecular weight is 253 g/mol. The highest BCUT2D eigenvalue weighted by molar-refractivity contribution is 7.07. The standard InChI is InChI=1S/C11H15N3O2S/c1-14-5-4-9(11(14)16)13-10(15)3-2-8-6-17-7-12-8/h6-7,9H,2-5H2,1H3,(H,13,15). The molecule has 1 aliphatic heterocycles. The van der Waals surface area contributed by atoms with Gasteiger partial charge < -0.3 is 10.2 Å². The van der Waals surface area contributed by atoms with Gasteiger partial charge in [-0.3, -0.25) is 9.59 Å². The van der Waals surface area contributed by atoms with E-state index in [2.05, 4.69) is 10.3 Å². The lowest BCUT2D eigenvalue weighted by atomic mass is 10.2. The summed E-state index contributed by atoms with van der Waals surface area (Å²) in [5, 5.41) is 4.70. The van der Waals surface area contributed by atoms with E-state index in [0.717, 1.165) is 12.2 Å². The second-order valence-electron chi connectivity index (χ2n) is 4.15. The zero-order valence-electron chi connectivity index (χ0n) is 9.68. The Morgan fingerprint density at radius 1 is 1.71 bits per heavy atom. The van der Waals surface area contributed by atoms with Crippen LogP contribution in [0.5, 0.6) is 0 Å². The Morgan fingerprint density at radius 3 is 3.12 bits per heavy atom. The molecule has 2 heterocycles. The van der Waals surface area contributed by atoms with Crippen LogP contribution in [0.1, 0.15) is 18.5 Å². The van der Waals surface area contributed by atoms with Crippen molar-refractivity contribution in [3.8, 4) is 0 Å². The molecular weight excluding hydrogens is 238 g/mol. The third-order valence-corrected chi connectivity index (χ3v) is 3.49. The predicted molar refractivity (Wildman–Crippen MR) is 64.6 cm³/mol. The molecule has 0 bridgehead atoms. The molecule has 17 heavy (non-hydrogen) atoms. The molecule has 0 aliphatic carbocycles. The third-order valence-electron chi connectivity index (χ3n) is 2.85. The molecule has 1 atom stereocenters. The van der Waals surface area contributed by atoms with E-state index in [4.69, 9.17) is 0 Å². The van der Waals surface area contributed by atoms with Gasteiger partial charge in [0.25, 0.3) is 0 Å². The summed E-state index contributed by atoms with van der Waals surface area (Å²) in [6.07, 6.45) is 1.72. The zero-order valence-corrected chi connectivity index (χ0v) is 10.5. The molecule has 1 aromatic heterocycles. The van der Waals surface area contributed by atoms with Gasteiger partial charge in [0.2, 0.25) is 11.8 Å². The minimum atomic E-state index is -0.331. The molecule has 5 nitrogen and oxygen atoms in total. The largest absolute Gasteiger partial charge is 0.344 e. The van der Waals surface area contributed by atoms with E-state index < -0.39 is 0 Å². The fraction of sp³-hybridized carbons (Fsp3) is 0.545. The Labute approximate surface area is 104 Å². The first kappa shape index (κ1) is 12.0. The van der Waals surface area contributed by atoms with Gasteiger partial charge in [-0.1, -0.05) is 0 Å². The van der Waals surface area contributed by atoms with E-state index in [1.807, 2.05) is 5.38 Å². The smallest absolute Gasteiger partial charge is 0.244 e. The first-order valence-electron chi connectivity index (χ1n) is 5.58. The van der Waals surface area contributed by atoms with E-state index >= 15 is 0 Å². The lowest BCUT2D eigenvalue weighted by molar-refractivity contribution is -0.131. The number of aromatic nitrogens is 1. The number of carbonyl (C=O) groups excluding carboxylic acids is 2. The summed E-state index contributed by atoms with van der Waals surface area (Å²) in [4.78, 5) is 29.0. The van der Waals surface area contributed by atoms with Crippen molar-refractivity contribution in [3.05, 3.63) is 16.6 Å². The number of likely N-dealkylation sites (tertiary alicyclic amines) is 1. The van der Waals surface area contributed by atoms with Crippen LogP contribution in [0, 0.1) is 0 Å². The van der Waals surface area contributed by atoms with E-state index in [1.54, 1.807) is 17.5 Å². The van der Waals surface area contributed by atoms with Crippen LogP contribution in [0.25, 0.3) is 0 Å². The maximum absolute atomic E-state index is 11.6. The van der Waals surface area contributed by atoms with Crippen molar-refractivity contribution >= 4 is 23.2 Å². The lowest BCUT2D eigenvalue weighted by Crippen LogP contribution is -2.40. The predicted octanol–water partition coefficient (Wildman–Crippen LogP) is 0.423. The van der Waals surface area contributed by atoms with Crippen molar-refractivity contribution < 1.29 is 9.59 Å². The normalized spacial score (nSPS) is 19.7. The van der Waals surface area contributed by atoms with Gasteiger partial charge in [-0.15, -0.1) is 11.3 Å². The van der Waals surface area contributed by atoms with Gasteiger partial charge in [-0.25, -0.2) is 4.98 Å². The number of hydrogen-bond acceptors (Lipinski definition) is 4. The molecule has 1 aliphatic rings. The van der Waals surface area contributed by atoms with Gasteiger partial charge >= 0.3 is 0 Å². The summed E-state index contributed by atoms with van der Waals surface area (Å²) < 4.78 is 0. The molecule has 92 valence electrons. The van der Waals surface area contributed by atoms with E-state index in [1.165, 1.54) is 11.3 Å². The molecule has 0 saturated carbocycles. The van der Waals surface area contributed by atoms with Gasteiger partial charge in [0.1, 0.15) is 6.04 Å². The van der Waals surface area contributed by atoms with Crippen LogP contribution in [0.15, 0.2) is 10.9 Å². The maximum atomic E-state index is 11.6. The fourth-order valence-corrected chi connectivity index (χ4v) is 2.42. The van der Waals surface area contributed by atoms with Gasteiger partial charge in [0.05, 0.1) is 11.2 Å². The quantitative estimate of drug-likeness (QED) is 0.846. The third kappa shape index (κ3) is 3.03. The van der Waals surface area contributed by atoms with Gasteiger partial charge in [-0.05, 0) is 12.8 Å².